The molecule has 0 spiro atoms. The van der Waals surface area contributed by atoms with Crippen molar-refractivity contribution in [1.82, 2.24) is 0 Å². The minimum atomic E-state index is 0.115. The maximum absolute atomic E-state index is 2.43. The van der Waals surface area contributed by atoms with Crippen LogP contribution >= 0.6 is 0 Å². The second-order valence-electron chi connectivity index (χ2n) is 6.21. The number of benzene rings is 1. The first-order chi connectivity index (χ1) is 7.77. The Morgan fingerprint density at radius 2 is 1.47 bits per heavy atom. The van der Waals surface area contributed by atoms with Gasteiger partial charge in [-0.25, -0.2) is 0 Å². The molecule has 1 aromatic rings. The quantitative estimate of drug-likeness (QED) is 0.688. The standard InChI is InChI=1S/C16H23N/c1-12-8-7-9-13(2)14(12)17-11-10-15(3,4)16(17,5)6/h7-11H,1-6H3. The first kappa shape index (κ1) is 12.2. The van der Waals surface area contributed by atoms with E-state index in [1.54, 1.807) is 0 Å². The van der Waals surface area contributed by atoms with Gasteiger partial charge in [0.25, 0.3) is 0 Å². The normalized spacial score (nSPS) is 20.9. The summed E-state index contributed by atoms with van der Waals surface area (Å²) in [5.41, 5.74) is 4.37. The number of hydrogen-bond donors (Lipinski definition) is 0. The topological polar surface area (TPSA) is 3.24 Å². The van der Waals surface area contributed by atoms with Gasteiger partial charge >= 0.3 is 0 Å². The van der Waals surface area contributed by atoms with E-state index in [2.05, 4.69) is 76.9 Å². The van der Waals surface area contributed by atoms with Crippen molar-refractivity contribution in [2.24, 2.45) is 5.41 Å². The van der Waals surface area contributed by atoms with Crippen LogP contribution in [0.1, 0.15) is 38.8 Å². The predicted octanol–water partition coefficient (Wildman–Crippen LogP) is 4.44. The van der Waals surface area contributed by atoms with E-state index in [4.69, 9.17) is 0 Å². The van der Waals surface area contributed by atoms with Gasteiger partial charge in [0.1, 0.15) is 0 Å². The molecule has 92 valence electrons. The molecular weight excluding hydrogens is 206 g/mol. The second-order valence-corrected chi connectivity index (χ2v) is 6.21. The van der Waals surface area contributed by atoms with Crippen molar-refractivity contribution >= 4 is 5.69 Å². The van der Waals surface area contributed by atoms with Crippen molar-refractivity contribution in [1.29, 1.82) is 0 Å². The van der Waals surface area contributed by atoms with E-state index in [-0.39, 0.29) is 11.0 Å². The van der Waals surface area contributed by atoms with Crippen molar-refractivity contribution in [2.45, 2.75) is 47.1 Å². The highest BCUT2D eigenvalue weighted by molar-refractivity contribution is 5.64. The van der Waals surface area contributed by atoms with Crippen LogP contribution < -0.4 is 4.90 Å². The zero-order chi connectivity index (χ0) is 12.8. The first-order valence-electron chi connectivity index (χ1n) is 6.32. The Hall–Kier alpha value is -1.24. The molecule has 1 aliphatic heterocycles. The highest BCUT2D eigenvalue weighted by atomic mass is 15.2. The van der Waals surface area contributed by atoms with Gasteiger partial charge in [0.15, 0.2) is 0 Å². The van der Waals surface area contributed by atoms with Gasteiger partial charge in [0.05, 0.1) is 0 Å². The summed E-state index contributed by atoms with van der Waals surface area (Å²) in [6, 6.07) is 6.52. The Bertz CT molecular complexity index is 446. The second kappa shape index (κ2) is 3.63. The summed E-state index contributed by atoms with van der Waals surface area (Å²) >= 11 is 0. The highest BCUT2D eigenvalue weighted by Gasteiger charge is 2.44. The van der Waals surface area contributed by atoms with Gasteiger partial charge in [-0.1, -0.05) is 38.1 Å². The predicted molar refractivity (Wildman–Crippen MR) is 75.4 cm³/mol. The van der Waals surface area contributed by atoms with Gasteiger partial charge in [0.2, 0.25) is 0 Å². The first-order valence-corrected chi connectivity index (χ1v) is 6.32. The Balaban J connectivity index is 2.54. The third kappa shape index (κ3) is 1.69. The highest BCUT2D eigenvalue weighted by Crippen LogP contribution is 2.46. The molecule has 1 nitrogen and oxygen atoms in total. The molecule has 1 aliphatic rings. The third-order valence-corrected chi connectivity index (χ3v) is 4.50. The number of rotatable bonds is 1. The summed E-state index contributed by atoms with van der Waals surface area (Å²) < 4.78 is 0. The summed E-state index contributed by atoms with van der Waals surface area (Å²) in [5, 5.41) is 0. The molecule has 0 aliphatic carbocycles. The van der Waals surface area contributed by atoms with Crippen molar-refractivity contribution in [3.8, 4) is 0 Å². The molecule has 0 unspecified atom stereocenters. The van der Waals surface area contributed by atoms with E-state index in [1.165, 1.54) is 16.8 Å². The molecule has 0 radical (unpaired) electrons. The summed E-state index contributed by atoms with van der Waals surface area (Å²) in [5.74, 6) is 0. The molecule has 0 aromatic heterocycles. The maximum atomic E-state index is 2.43. The molecule has 1 heteroatoms. The van der Waals surface area contributed by atoms with Gasteiger partial charge in [0, 0.05) is 22.8 Å². The average Bonchev–Trinajstić information content (AvgIpc) is 2.40. The number of anilines is 1. The van der Waals surface area contributed by atoms with E-state index in [0.717, 1.165) is 0 Å². The Morgan fingerprint density at radius 1 is 0.941 bits per heavy atom. The number of hydrogen-bond acceptors (Lipinski definition) is 1. The van der Waals surface area contributed by atoms with Gasteiger partial charge in [-0.3, -0.25) is 0 Å². The molecule has 0 N–H and O–H groups in total. The summed E-state index contributed by atoms with van der Waals surface area (Å²) in [6.07, 6.45) is 4.56. The molecule has 1 heterocycles. The molecule has 0 atom stereocenters. The Morgan fingerprint density at radius 3 is 1.88 bits per heavy atom. The molecule has 17 heavy (non-hydrogen) atoms. The summed E-state index contributed by atoms with van der Waals surface area (Å²) in [4.78, 5) is 2.43. The average molecular weight is 229 g/mol. The fourth-order valence-corrected chi connectivity index (χ4v) is 2.50. The van der Waals surface area contributed by atoms with E-state index in [1.807, 2.05) is 0 Å². The van der Waals surface area contributed by atoms with Crippen LogP contribution in [-0.4, -0.2) is 5.54 Å². The summed E-state index contributed by atoms with van der Waals surface area (Å²) in [7, 11) is 0. The van der Waals surface area contributed by atoms with Gasteiger partial charge in [-0.2, -0.15) is 0 Å². The molecule has 0 fully saturated rings. The molecule has 1 aromatic carbocycles. The van der Waals surface area contributed by atoms with Crippen LogP contribution in [0, 0.1) is 19.3 Å². The van der Waals surface area contributed by atoms with Crippen molar-refractivity contribution in [3.63, 3.8) is 0 Å². The van der Waals surface area contributed by atoms with E-state index in [0.29, 0.717) is 0 Å². The monoisotopic (exact) mass is 229 g/mol. The lowest BCUT2D eigenvalue weighted by atomic mass is 9.76. The van der Waals surface area contributed by atoms with Gasteiger partial charge in [-0.05, 0) is 38.8 Å². The third-order valence-electron chi connectivity index (χ3n) is 4.50. The summed E-state index contributed by atoms with van der Waals surface area (Å²) in [6.45, 7) is 13.6. The fraction of sp³-hybridized carbons (Fsp3) is 0.500. The molecular formula is C16H23N. The zero-order valence-electron chi connectivity index (χ0n) is 11.8. The SMILES string of the molecule is Cc1cccc(C)c1N1C=CC(C)(C)C1(C)C. The Kier molecular flexibility index (Phi) is 2.61. The van der Waals surface area contributed by atoms with Crippen LogP contribution in [0.4, 0.5) is 5.69 Å². The van der Waals surface area contributed by atoms with Crippen LogP contribution in [0.15, 0.2) is 30.5 Å². The van der Waals surface area contributed by atoms with Crippen molar-refractivity contribution in [3.05, 3.63) is 41.6 Å². The van der Waals surface area contributed by atoms with Crippen LogP contribution in [0.25, 0.3) is 0 Å². The van der Waals surface area contributed by atoms with Crippen LogP contribution in [0.3, 0.4) is 0 Å². The molecule has 0 amide bonds. The number of aryl methyl sites for hydroxylation is 2. The van der Waals surface area contributed by atoms with Crippen LogP contribution in [0.2, 0.25) is 0 Å². The van der Waals surface area contributed by atoms with Gasteiger partial charge in [-0.15, -0.1) is 0 Å². The lowest BCUT2D eigenvalue weighted by molar-refractivity contribution is 0.289. The zero-order valence-corrected chi connectivity index (χ0v) is 11.8. The van der Waals surface area contributed by atoms with Gasteiger partial charge < -0.3 is 4.90 Å². The fourth-order valence-electron chi connectivity index (χ4n) is 2.50. The van der Waals surface area contributed by atoms with Crippen LogP contribution in [0.5, 0.6) is 0 Å². The van der Waals surface area contributed by atoms with Crippen LogP contribution in [-0.2, 0) is 0 Å². The largest absolute Gasteiger partial charge is 0.341 e. The minimum Gasteiger partial charge on any atom is -0.341 e. The lowest BCUT2D eigenvalue weighted by Gasteiger charge is -2.43. The Labute approximate surface area is 105 Å². The maximum Gasteiger partial charge on any atom is 0.0475 e. The van der Waals surface area contributed by atoms with E-state index in [9.17, 15) is 0 Å². The number of para-hydroxylation sites is 1. The smallest absolute Gasteiger partial charge is 0.0475 e. The molecule has 0 saturated heterocycles. The molecule has 0 bridgehead atoms. The van der Waals surface area contributed by atoms with Crippen molar-refractivity contribution in [2.75, 3.05) is 4.90 Å². The number of nitrogens with zero attached hydrogens (tertiary/aromatic N) is 1. The molecule has 0 saturated carbocycles. The minimum absolute atomic E-state index is 0.115. The van der Waals surface area contributed by atoms with Crippen molar-refractivity contribution < 1.29 is 0 Å². The lowest BCUT2D eigenvalue weighted by Crippen LogP contribution is -2.47. The van der Waals surface area contributed by atoms with E-state index >= 15 is 0 Å². The molecule has 2 rings (SSSR count). The van der Waals surface area contributed by atoms with E-state index < -0.39 is 0 Å².